The van der Waals surface area contributed by atoms with Crippen LogP contribution in [-0.2, 0) is 9.53 Å². The fraction of sp³-hybridized carbons (Fsp3) is 0.933. The number of hydrogen-bond acceptors (Lipinski definition) is 4. The SMILES string of the molecule is CN(C)CCCN(C)C(=O)C1(N)C2CCOC2C1(C)C. The van der Waals surface area contributed by atoms with Crippen LogP contribution in [-0.4, -0.2) is 68.2 Å². The summed E-state index contributed by atoms with van der Waals surface area (Å²) in [6.45, 7) is 6.59. The number of ether oxygens (including phenoxy) is 1. The molecule has 3 unspecified atom stereocenters. The maximum atomic E-state index is 12.8. The molecule has 5 nitrogen and oxygen atoms in total. The van der Waals surface area contributed by atoms with Crippen molar-refractivity contribution in [3.63, 3.8) is 0 Å². The van der Waals surface area contributed by atoms with Crippen LogP contribution in [0.5, 0.6) is 0 Å². The molecule has 5 heteroatoms. The third kappa shape index (κ3) is 2.16. The van der Waals surface area contributed by atoms with Gasteiger partial charge in [0.15, 0.2) is 0 Å². The Morgan fingerprint density at radius 3 is 2.55 bits per heavy atom. The molecule has 0 aromatic carbocycles. The molecule has 0 aromatic rings. The minimum absolute atomic E-state index is 0.0769. The zero-order chi connectivity index (χ0) is 15.1. The van der Waals surface area contributed by atoms with Gasteiger partial charge < -0.3 is 20.3 Å². The molecule has 0 spiro atoms. The molecule has 0 aromatic heterocycles. The summed E-state index contributed by atoms with van der Waals surface area (Å²) >= 11 is 0. The summed E-state index contributed by atoms with van der Waals surface area (Å²) in [7, 11) is 5.95. The molecule has 1 aliphatic heterocycles. The molecule has 2 aliphatic rings. The minimum Gasteiger partial charge on any atom is -0.377 e. The lowest BCUT2D eigenvalue weighted by atomic mass is 9.47. The monoisotopic (exact) mass is 283 g/mol. The van der Waals surface area contributed by atoms with Crippen molar-refractivity contribution in [2.75, 3.05) is 40.8 Å². The second-order valence-corrected chi connectivity index (χ2v) is 7.16. The Balaban J connectivity index is 2.00. The lowest BCUT2D eigenvalue weighted by Gasteiger charge is -2.61. The van der Waals surface area contributed by atoms with Gasteiger partial charge in [-0.05, 0) is 33.5 Å². The topological polar surface area (TPSA) is 58.8 Å². The fourth-order valence-corrected chi connectivity index (χ4v) is 3.86. The molecular formula is C15H29N3O2. The van der Waals surface area contributed by atoms with Crippen molar-refractivity contribution in [2.24, 2.45) is 17.1 Å². The van der Waals surface area contributed by atoms with Crippen LogP contribution in [0.3, 0.4) is 0 Å². The van der Waals surface area contributed by atoms with Crippen LogP contribution < -0.4 is 5.73 Å². The van der Waals surface area contributed by atoms with E-state index in [1.807, 2.05) is 21.1 Å². The van der Waals surface area contributed by atoms with Crippen molar-refractivity contribution >= 4 is 5.91 Å². The van der Waals surface area contributed by atoms with Gasteiger partial charge in [0, 0.05) is 31.5 Å². The normalized spacial score (nSPS) is 34.8. The molecule has 116 valence electrons. The largest absolute Gasteiger partial charge is 0.377 e. The van der Waals surface area contributed by atoms with Gasteiger partial charge in [-0.3, -0.25) is 4.79 Å². The average molecular weight is 283 g/mol. The van der Waals surface area contributed by atoms with Crippen LogP contribution >= 0.6 is 0 Å². The van der Waals surface area contributed by atoms with E-state index in [1.54, 1.807) is 4.90 Å². The third-order valence-corrected chi connectivity index (χ3v) is 5.25. The van der Waals surface area contributed by atoms with Crippen molar-refractivity contribution in [3.05, 3.63) is 0 Å². The number of fused-ring (bicyclic) bond motifs is 1. The molecule has 1 saturated carbocycles. The van der Waals surface area contributed by atoms with Gasteiger partial charge in [0.05, 0.1) is 6.10 Å². The van der Waals surface area contributed by atoms with Gasteiger partial charge in [-0.2, -0.15) is 0 Å². The number of nitrogens with two attached hydrogens (primary N) is 1. The first-order valence-electron chi connectivity index (χ1n) is 7.53. The number of nitrogens with zero attached hydrogens (tertiary/aromatic N) is 2. The van der Waals surface area contributed by atoms with Crippen molar-refractivity contribution in [3.8, 4) is 0 Å². The van der Waals surface area contributed by atoms with Gasteiger partial charge in [-0.1, -0.05) is 13.8 Å². The fourth-order valence-electron chi connectivity index (χ4n) is 3.86. The Bertz CT molecular complexity index is 383. The van der Waals surface area contributed by atoms with Crippen molar-refractivity contribution in [2.45, 2.75) is 38.3 Å². The van der Waals surface area contributed by atoms with E-state index in [2.05, 4.69) is 18.7 Å². The maximum Gasteiger partial charge on any atom is 0.243 e. The van der Waals surface area contributed by atoms with Crippen molar-refractivity contribution in [1.29, 1.82) is 0 Å². The number of likely N-dealkylation sites (N-methyl/N-ethyl adjacent to an activating group) is 1. The summed E-state index contributed by atoms with van der Waals surface area (Å²) in [5.74, 6) is 0.259. The summed E-state index contributed by atoms with van der Waals surface area (Å²) in [5, 5.41) is 0. The Morgan fingerprint density at radius 1 is 1.30 bits per heavy atom. The standard InChI is InChI=1S/C15H29N3O2/c1-14(2)12-11(7-10-20-12)15(14,16)13(19)18(5)9-6-8-17(3)4/h11-12H,6-10,16H2,1-5H3. The first-order chi connectivity index (χ1) is 9.23. The zero-order valence-corrected chi connectivity index (χ0v) is 13.5. The number of rotatable bonds is 5. The van der Waals surface area contributed by atoms with E-state index in [0.29, 0.717) is 0 Å². The van der Waals surface area contributed by atoms with E-state index < -0.39 is 5.54 Å². The molecule has 1 aliphatic carbocycles. The summed E-state index contributed by atoms with van der Waals surface area (Å²) in [4.78, 5) is 16.7. The summed E-state index contributed by atoms with van der Waals surface area (Å²) < 4.78 is 5.75. The number of carbonyl (C=O) groups excluding carboxylic acids is 1. The van der Waals surface area contributed by atoms with Crippen LogP contribution in [0.4, 0.5) is 0 Å². The molecule has 0 radical (unpaired) electrons. The van der Waals surface area contributed by atoms with Crippen molar-refractivity contribution in [1.82, 2.24) is 9.80 Å². The Morgan fingerprint density at radius 2 is 1.95 bits per heavy atom. The van der Waals surface area contributed by atoms with Crippen molar-refractivity contribution < 1.29 is 9.53 Å². The number of amides is 1. The first-order valence-corrected chi connectivity index (χ1v) is 7.53. The summed E-state index contributed by atoms with van der Waals surface area (Å²) in [6.07, 6.45) is 2.02. The molecule has 2 rings (SSSR count). The number of carbonyl (C=O) groups is 1. The highest BCUT2D eigenvalue weighted by Crippen LogP contribution is 2.58. The second kappa shape index (κ2) is 5.28. The zero-order valence-electron chi connectivity index (χ0n) is 13.5. The molecule has 2 N–H and O–H groups in total. The van der Waals surface area contributed by atoms with E-state index >= 15 is 0 Å². The number of hydrogen-bond donors (Lipinski definition) is 1. The highest BCUT2D eigenvalue weighted by Gasteiger charge is 2.71. The average Bonchev–Trinajstić information content (AvgIpc) is 2.84. The van der Waals surface area contributed by atoms with Gasteiger partial charge in [-0.25, -0.2) is 0 Å². The highest BCUT2D eigenvalue weighted by molar-refractivity contribution is 5.89. The predicted octanol–water partition coefficient (Wildman–Crippen LogP) is 0.539. The second-order valence-electron chi connectivity index (χ2n) is 7.16. The Hall–Kier alpha value is -0.650. The quantitative estimate of drug-likeness (QED) is 0.800. The molecule has 20 heavy (non-hydrogen) atoms. The van der Waals surface area contributed by atoms with E-state index in [1.165, 1.54) is 0 Å². The van der Waals surface area contributed by atoms with Gasteiger partial charge in [0.1, 0.15) is 5.54 Å². The molecule has 0 bridgehead atoms. The molecular weight excluding hydrogens is 254 g/mol. The predicted molar refractivity (Wildman–Crippen MR) is 79.4 cm³/mol. The van der Waals surface area contributed by atoms with Crippen LogP contribution in [0, 0.1) is 11.3 Å². The van der Waals surface area contributed by atoms with Crippen LogP contribution in [0.1, 0.15) is 26.7 Å². The first kappa shape index (κ1) is 15.7. The van der Waals surface area contributed by atoms with E-state index in [0.717, 1.165) is 32.5 Å². The van der Waals surface area contributed by atoms with Crippen LogP contribution in [0.15, 0.2) is 0 Å². The summed E-state index contributed by atoms with van der Waals surface area (Å²) in [5.41, 5.74) is 5.52. The molecule has 1 heterocycles. The van der Waals surface area contributed by atoms with E-state index in [9.17, 15) is 4.79 Å². The Kier molecular flexibility index (Phi) is 4.15. The lowest BCUT2D eigenvalue weighted by molar-refractivity contribution is -0.183. The van der Waals surface area contributed by atoms with Gasteiger partial charge in [0.25, 0.3) is 0 Å². The van der Waals surface area contributed by atoms with Crippen LogP contribution in [0.25, 0.3) is 0 Å². The maximum absolute atomic E-state index is 12.8. The molecule has 2 fully saturated rings. The van der Waals surface area contributed by atoms with Gasteiger partial charge in [-0.15, -0.1) is 0 Å². The van der Waals surface area contributed by atoms with E-state index in [-0.39, 0.29) is 23.3 Å². The van der Waals surface area contributed by atoms with Gasteiger partial charge >= 0.3 is 0 Å². The minimum atomic E-state index is -0.763. The van der Waals surface area contributed by atoms with Gasteiger partial charge in [0.2, 0.25) is 5.91 Å². The Labute approximate surface area is 122 Å². The third-order valence-electron chi connectivity index (χ3n) is 5.25. The molecule has 3 atom stereocenters. The highest BCUT2D eigenvalue weighted by atomic mass is 16.5. The van der Waals surface area contributed by atoms with Crippen LogP contribution in [0.2, 0.25) is 0 Å². The molecule has 1 saturated heterocycles. The molecule has 1 amide bonds. The van der Waals surface area contributed by atoms with E-state index in [4.69, 9.17) is 10.5 Å². The lowest BCUT2D eigenvalue weighted by Crippen LogP contribution is -2.80. The smallest absolute Gasteiger partial charge is 0.243 e. The summed E-state index contributed by atoms with van der Waals surface area (Å²) in [6, 6.07) is 0.